The molecule has 2 bridgehead atoms. The first-order valence-electron chi connectivity index (χ1n) is 6.56. The molecule has 3 fully saturated rings. The van der Waals surface area contributed by atoms with E-state index in [1.165, 1.54) is 13.2 Å². The van der Waals surface area contributed by atoms with Crippen LogP contribution >= 0.6 is 0 Å². The van der Waals surface area contributed by atoms with Gasteiger partial charge in [0.2, 0.25) is 0 Å². The number of carbonyl (C=O) groups excluding carboxylic acids is 1. The van der Waals surface area contributed by atoms with Gasteiger partial charge in [0.1, 0.15) is 0 Å². The van der Waals surface area contributed by atoms with Crippen molar-refractivity contribution in [3.63, 3.8) is 0 Å². The maximum atomic E-state index is 12.4. The van der Waals surface area contributed by atoms with Gasteiger partial charge in [0, 0.05) is 5.69 Å². The molecule has 0 aliphatic heterocycles. The number of hydrogen-bond acceptors (Lipinski definition) is 5. The third-order valence-corrected chi connectivity index (χ3v) is 6.29. The van der Waals surface area contributed by atoms with Crippen LogP contribution in [0.15, 0.2) is 23.2 Å². The lowest BCUT2D eigenvalue weighted by Gasteiger charge is -2.68. The Morgan fingerprint density at radius 3 is 2.55 bits per heavy atom. The first-order valence-corrected chi connectivity index (χ1v) is 8.21. The summed E-state index contributed by atoms with van der Waals surface area (Å²) in [5, 5.41) is 0.134. The molecular formula is C14H17NO4S. The summed E-state index contributed by atoms with van der Waals surface area (Å²) in [5.74, 6) is -0.125. The molecule has 0 aromatic carbocycles. The summed E-state index contributed by atoms with van der Waals surface area (Å²) in [7, 11) is -2.01. The molecule has 108 valence electrons. The molecule has 3 saturated carbocycles. The Kier molecular flexibility index (Phi) is 2.73. The Bertz CT molecular complexity index is 660. The van der Waals surface area contributed by atoms with Gasteiger partial charge in [-0.3, -0.25) is 4.79 Å². The first kappa shape index (κ1) is 13.5. The molecule has 0 atom stereocenters. The van der Waals surface area contributed by atoms with Gasteiger partial charge < -0.3 is 4.74 Å². The van der Waals surface area contributed by atoms with Crippen molar-refractivity contribution in [1.29, 1.82) is 0 Å². The fraction of sp³-hybridized carbons (Fsp3) is 0.571. The van der Waals surface area contributed by atoms with Crippen molar-refractivity contribution in [3.05, 3.63) is 23.9 Å². The van der Waals surface area contributed by atoms with E-state index >= 15 is 0 Å². The minimum Gasteiger partial charge on any atom is -0.469 e. The predicted octanol–water partition coefficient (Wildman–Crippen LogP) is 1.51. The van der Waals surface area contributed by atoms with Crippen LogP contribution < -0.4 is 0 Å². The monoisotopic (exact) mass is 295 g/mol. The van der Waals surface area contributed by atoms with Gasteiger partial charge in [-0.25, -0.2) is 13.4 Å². The minimum atomic E-state index is -3.39. The van der Waals surface area contributed by atoms with E-state index in [1.807, 2.05) is 0 Å². The lowest BCUT2D eigenvalue weighted by molar-refractivity contribution is -0.217. The summed E-state index contributed by atoms with van der Waals surface area (Å²) in [6.07, 6.45) is 1.87. The molecule has 5 nitrogen and oxygen atoms in total. The summed E-state index contributed by atoms with van der Waals surface area (Å²) in [4.78, 5) is 15.7. The van der Waals surface area contributed by atoms with Crippen LogP contribution in [-0.2, 0) is 19.4 Å². The number of esters is 1. The van der Waals surface area contributed by atoms with E-state index < -0.39 is 15.3 Å². The second-order valence-electron chi connectivity index (χ2n) is 6.18. The first-order chi connectivity index (χ1) is 9.31. The molecule has 1 aromatic rings. The van der Waals surface area contributed by atoms with Crippen LogP contribution in [0.2, 0.25) is 0 Å². The van der Waals surface area contributed by atoms with E-state index in [1.54, 1.807) is 19.1 Å². The van der Waals surface area contributed by atoms with Crippen molar-refractivity contribution in [2.75, 3.05) is 12.9 Å². The van der Waals surface area contributed by atoms with Gasteiger partial charge in [0.05, 0.1) is 18.3 Å². The van der Waals surface area contributed by atoms with Crippen LogP contribution in [0.1, 0.15) is 25.0 Å². The number of nitrogens with zero attached hydrogens (tertiary/aromatic N) is 1. The van der Waals surface area contributed by atoms with Gasteiger partial charge in [0.25, 0.3) is 0 Å². The average molecular weight is 295 g/mol. The average Bonchev–Trinajstić information content (AvgIpc) is 2.31. The second-order valence-corrected chi connectivity index (χ2v) is 8.11. The summed E-state index contributed by atoms with van der Waals surface area (Å²) in [6, 6.07) is 5.00. The molecule has 0 spiro atoms. The Labute approximate surface area is 118 Å². The number of aromatic nitrogens is 1. The van der Waals surface area contributed by atoms with Gasteiger partial charge in [-0.2, -0.15) is 0 Å². The van der Waals surface area contributed by atoms with Gasteiger partial charge in [-0.1, -0.05) is 6.07 Å². The zero-order valence-electron chi connectivity index (χ0n) is 11.5. The van der Waals surface area contributed by atoms with Crippen molar-refractivity contribution in [2.24, 2.45) is 10.8 Å². The van der Waals surface area contributed by atoms with Gasteiger partial charge >= 0.3 is 5.97 Å². The largest absolute Gasteiger partial charge is 0.469 e. The zero-order chi connectivity index (χ0) is 14.6. The van der Waals surface area contributed by atoms with E-state index in [0.29, 0.717) is 25.0 Å². The van der Waals surface area contributed by atoms with Crippen LogP contribution in [0, 0.1) is 17.8 Å². The molecule has 0 N–H and O–H groups in total. The number of methoxy groups -OCH3 is 1. The molecule has 3 aliphatic rings. The number of carbonyl (C=O) groups is 1. The van der Waals surface area contributed by atoms with Crippen molar-refractivity contribution >= 4 is 15.8 Å². The maximum absolute atomic E-state index is 12.4. The van der Waals surface area contributed by atoms with Crippen LogP contribution in [0.4, 0.5) is 0 Å². The fourth-order valence-corrected chi connectivity index (χ4v) is 5.58. The van der Waals surface area contributed by atoms with E-state index in [2.05, 4.69) is 4.98 Å². The smallest absolute Gasteiger partial charge is 0.311 e. The second kappa shape index (κ2) is 4.04. The predicted molar refractivity (Wildman–Crippen MR) is 71.8 cm³/mol. The summed E-state index contributed by atoms with van der Waals surface area (Å²) < 4.78 is 29.5. The Morgan fingerprint density at radius 2 is 2.00 bits per heavy atom. The van der Waals surface area contributed by atoms with Gasteiger partial charge in [-0.05, 0) is 43.7 Å². The number of rotatable bonds is 4. The fourth-order valence-electron chi connectivity index (χ4n) is 3.75. The molecule has 0 saturated heterocycles. The highest BCUT2D eigenvalue weighted by molar-refractivity contribution is 7.91. The Morgan fingerprint density at radius 1 is 1.35 bits per heavy atom. The quantitative estimate of drug-likeness (QED) is 0.787. The number of ether oxygens (including phenoxy) is 1. The summed E-state index contributed by atoms with van der Waals surface area (Å²) in [6.45, 7) is 1.77. The SMILES string of the molecule is COC(=O)C12CC(CS(=O)(=O)c3cccc(C)n3)(C1)C2. The molecule has 1 heterocycles. The molecule has 4 rings (SSSR count). The van der Waals surface area contributed by atoms with E-state index in [4.69, 9.17) is 4.74 Å². The summed E-state index contributed by atoms with van der Waals surface area (Å²) in [5.41, 5.74) is 0.0534. The normalized spacial score (nSPS) is 31.1. The molecule has 1 aromatic heterocycles. The summed E-state index contributed by atoms with van der Waals surface area (Å²) >= 11 is 0. The molecule has 20 heavy (non-hydrogen) atoms. The molecule has 0 amide bonds. The third kappa shape index (κ3) is 1.85. The Balaban J connectivity index is 1.73. The standard InChI is InChI=1S/C14H17NO4S/c1-10-4-3-5-11(15-10)20(17,18)9-13-6-14(7-13,8-13)12(16)19-2/h3-5H,6-9H2,1-2H3. The topological polar surface area (TPSA) is 73.3 Å². The van der Waals surface area contributed by atoms with E-state index in [-0.39, 0.29) is 22.2 Å². The lowest BCUT2D eigenvalue weighted by Crippen LogP contribution is -2.67. The highest BCUT2D eigenvalue weighted by Gasteiger charge is 2.73. The highest BCUT2D eigenvalue weighted by atomic mass is 32.2. The van der Waals surface area contributed by atoms with Crippen LogP contribution in [0.3, 0.4) is 0 Å². The number of pyridine rings is 1. The van der Waals surface area contributed by atoms with E-state index in [9.17, 15) is 13.2 Å². The van der Waals surface area contributed by atoms with Crippen molar-refractivity contribution in [2.45, 2.75) is 31.2 Å². The molecular weight excluding hydrogens is 278 g/mol. The third-order valence-electron chi connectivity index (χ3n) is 4.44. The number of hydrogen-bond donors (Lipinski definition) is 0. The number of aryl methyl sites for hydroxylation is 1. The van der Waals surface area contributed by atoms with Crippen molar-refractivity contribution < 1.29 is 17.9 Å². The number of sulfone groups is 1. The minimum absolute atomic E-state index is 0.0786. The molecule has 3 aliphatic carbocycles. The van der Waals surface area contributed by atoms with E-state index in [0.717, 1.165) is 0 Å². The van der Waals surface area contributed by atoms with Crippen molar-refractivity contribution in [1.82, 2.24) is 4.98 Å². The van der Waals surface area contributed by atoms with Gasteiger partial charge in [-0.15, -0.1) is 0 Å². The molecule has 6 heteroatoms. The lowest BCUT2D eigenvalue weighted by atomic mass is 9.36. The van der Waals surface area contributed by atoms with Crippen LogP contribution in [-0.4, -0.2) is 32.2 Å². The highest BCUT2D eigenvalue weighted by Crippen LogP contribution is 2.74. The van der Waals surface area contributed by atoms with Crippen molar-refractivity contribution in [3.8, 4) is 0 Å². The Hall–Kier alpha value is -1.43. The molecule has 0 unspecified atom stereocenters. The van der Waals surface area contributed by atoms with Crippen LogP contribution in [0.5, 0.6) is 0 Å². The molecule has 0 radical (unpaired) electrons. The maximum Gasteiger partial charge on any atom is 0.311 e. The van der Waals surface area contributed by atoms with Crippen LogP contribution in [0.25, 0.3) is 0 Å². The zero-order valence-corrected chi connectivity index (χ0v) is 12.4. The van der Waals surface area contributed by atoms with Gasteiger partial charge in [0.15, 0.2) is 14.9 Å².